The third kappa shape index (κ3) is 3.45. The summed E-state index contributed by atoms with van der Waals surface area (Å²) in [5, 5.41) is 9.11. The van der Waals surface area contributed by atoms with Crippen molar-refractivity contribution < 1.29 is 9.53 Å². The molecule has 0 unspecified atom stereocenters. The first kappa shape index (κ1) is 14.0. The molecule has 1 aromatic rings. The maximum absolute atomic E-state index is 11.0. The molecular formula is C13H17N3O2. The zero-order chi connectivity index (χ0) is 13.5. The molecule has 5 nitrogen and oxygen atoms in total. The third-order valence-electron chi connectivity index (χ3n) is 2.71. The van der Waals surface area contributed by atoms with Gasteiger partial charge in [-0.2, -0.15) is 5.26 Å². The number of aryl methyl sites for hydroxylation is 1. The van der Waals surface area contributed by atoms with Crippen LogP contribution in [0.15, 0.2) is 12.3 Å². The van der Waals surface area contributed by atoms with Crippen molar-refractivity contribution in [1.82, 2.24) is 4.98 Å². The molecule has 0 aliphatic heterocycles. The van der Waals surface area contributed by atoms with E-state index in [-0.39, 0.29) is 5.97 Å². The average Bonchev–Trinajstić information content (AvgIpc) is 2.37. The molecule has 0 radical (unpaired) electrons. The molecule has 0 amide bonds. The number of hydrogen-bond acceptors (Lipinski definition) is 5. The molecule has 0 bridgehead atoms. The minimum absolute atomic E-state index is 0.221. The van der Waals surface area contributed by atoms with Gasteiger partial charge in [0.25, 0.3) is 0 Å². The fraction of sp³-hybridized carbons (Fsp3) is 0.462. The highest BCUT2D eigenvalue weighted by Crippen LogP contribution is 2.18. The Morgan fingerprint density at radius 3 is 2.94 bits per heavy atom. The summed E-state index contributed by atoms with van der Waals surface area (Å²) < 4.78 is 4.58. The molecule has 0 aliphatic carbocycles. The number of rotatable bonds is 5. The lowest BCUT2D eigenvalue weighted by molar-refractivity contribution is -0.140. The number of carbonyl (C=O) groups is 1. The van der Waals surface area contributed by atoms with Crippen molar-refractivity contribution in [2.75, 3.05) is 25.6 Å². The van der Waals surface area contributed by atoms with E-state index < -0.39 is 0 Å². The molecular weight excluding hydrogens is 230 g/mol. The van der Waals surface area contributed by atoms with Crippen LogP contribution >= 0.6 is 0 Å². The molecule has 0 atom stereocenters. The van der Waals surface area contributed by atoms with Crippen LogP contribution in [-0.2, 0) is 9.53 Å². The molecule has 0 N–H and O–H groups in total. The molecule has 0 spiro atoms. The Hall–Kier alpha value is -2.09. The van der Waals surface area contributed by atoms with Crippen molar-refractivity contribution in [1.29, 1.82) is 5.26 Å². The van der Waals surface area contributed by atoms with Crippen LogP contribution in [0.4, 0.5) is 5.82 Å². The van der Waals surface area contributed by atoms with Gasteiger partial charge in [-0.25, -0.2) is 4.98 Å². The fourth-order valence-electron chi connectivity index (χ4n) is 1.64. The highest BCUT2D eigenvalue weighted by atomic mass is 16.5. The number of hydrogen-bond donors (Lipinski definition) is 0. The summed E-state index contributed by atoms with van der Waals surface area (Å²) in [5.41, 5.74) is 1.49. The molecule has 1 heterocycles. The Morgan fingerprint density at radius 2 is 2.33 bits per heavy atom. The van der Waals surface area contributed by atoms with Crippen LogP contribution in [-0.4, -0.2) is 31.7 Å². The van der Waals surface area contributed by atoms with Crippen LogP contribution in [0, 0.1) is 18.3 Å². The van der Waals surface area contributed by atoms with Gasteiger partial charge < -0.3 is 9.64 Å². The van der Waals surface area contributed by atoms with E-state index in [1.54, 1.807) is 6.20 Å². The Balaban J connectivity index is 2.68. The van der Waals surface area contributed by atoms with E-state index >= 15 is 0 Å². The van der Waals surface area contributed by atoms with Crippen molar-refractivity contribution in [2.45, 2.75) is 19.8 Å². The largest absolute Gasteiger partial charge is 0.469 e. The smallest absolute Gasteiger partial charge is 0.305 e. The molecule has 0 saturated heterocycles. The molecule has 0 aliphatic rings. The fourth-order valence-corrected chi connectivity index (χ4v) is 1.64. The molecule has 1 rings (SSSR count). The van der Waals surface area contributed by atoms with Gasteiger partial charge in [0.05, 0.1) is 12.7 Å². The number of esters is 1. The standard InChI is InChI=1S/C13H17N3O2/c1-10-6-7-15-13(11(10)9-14)16(2)8-4-5-12(17)18-3/h6-7H,4-5,8H2,1-3H3. The lowest BCUT2D eigenvalue weighted by atomic mass is 10.1. The predicted molar refractivity (Wildman–Crippen MR) is 68.2 cm³/mol. The van der Waals surface area contributed by atoms with E-state index in [1.807, 2.05) is 24.9 Å². The van der Waals surface area contributed by atoms with Gasteiger partial charge in [0, 0.05) is 26.2 Å². The Kier molecular flexibility index (Phi) is 5.12. The van der Waals surface area contributed by atoms with Crippen molar-refractivity contribution in [3.05, 3.63) is 23.4 Å². The third-order valence-corrected chi connectivity index (χ3v) is 2.71. The predicted octanol–water partition coefficient (Wildman–Crippen LogP) is 1.65. The Bertz CT molecular complexity index is 466. The topological polar surface area (TPSA) is 66.2 Å². The van der Waals surface area contributed by atoms with Crippen LogP contribution in [0.1, 0.15) is 24.0 Å². The normalized spacial score (nSPS) is 9.67. The summed E-state index contributed by atoms with van der Waals surface area (Å²) >= 11 is 0. The van der Waals surface area contributed by atoms with Gasteiger partial charge in [-0.3, -0.25) is 4.79 Å². The summed E-state index contributed by atoms with van der Waals surface area (Å²) in [4.78, 5) is 17.1. The first-order chi connectivity index (χ1) is 8.60. The van der Waals surface area contributed by atoms with Crippen LogP contribution in [0.25, 0.3) is 0 Å². The highest BCUT2D eigenvalue weighted by molar-refractivity contribution is 5.69. The maximum atomic E-state index is 11.0. The molecule has 96 valence electrons. The molecule has 0 saturated carbocycles. The van der Waals surface area contributed by atoms with Crippen molar-refractivity contribution in [2.24, 2.45) is 0 Å². The van der Waals surface area contributed by atoms with Crippen LogP contribution in [0.3, 0.4) is 0 Å². The number of nitrogens with zero attached hydrogens (tertiary/aromatic N) is 3. The SMILES string of the molecule is COC(=O)CCCN(C)c1nccc(C)c1C#N. The molecule has 18 heavy (non-hydrogen) atoms. The quantitative estimate of drug-likeness (QED) is 0.740. The second-order valence-electron chi connectivity index (χ2n) is 4.04. The number of ether oxygens (including phenoxy) is 1. The van der Waals surface area contributed by atoms with Gasteiger partial charge in [0.15, 0.2) is 0 Å². The number of nitriles is 1. The monoisotopic (exact) mass is 247 g/mol. The van der Waals surface area contributed by atoms with Gasteiger partial charge in [-0.1, -0.05) is 0 Å². The lowest BCUT2D eigenvalue weighted by Gasteiger charge is -2.19. The Labute approximate surface area is 107 Å². The summed E-state index contributed by atoms with van der Waals surface area (Å²) in [5.74, 6) is 0.434. The van der Waals surface area contributed by atoms with Gasteiger partial charge >= 0.3 is 5.97 Å². The van der Waals surface area contributed by atoms with Crippen molar-refractivity contribution in [3.8, 4) is 6.07 Å². The van der Waals surface area contributed by atoms with Crippen LogP contribution in [0.2, 0.25) is 0 Å². The average molecular weight is 247 g/mol. The summed E-state index contributed by atoms with van der Waals surface area (Å²) in [6.45, 7) is 2.53. The van der Waals surface area contributed by atoms with E-state index in [9.17, 15) is 4.79 Å². The Morgan fingerprint density at radius 1 is 1.61 bits per heavy atom. The first-order valence-corrected chi connectivity index (χ1v) is 5.73. The highest BCUT2D eigenvalue weighted by Gasteiger charge is 2.11. The molecule has 5 heteroatoms. The van der Waals surface area contributed by atoms with Crippen molar-refractivity contribution >= 4 is 11.8 Å². The zero-order valence-corrected chi connectivity index (χ0v) is 10.9. The van der Waals surface area contributed by atoms with E-state index in [0.29, 0.717) is 30.8 Å². The van der Waals surface area contributed by atoms with Crippen molar-refractivity contribution in [3.63, 3.8) is 0 Å². The molecule has 0 aromatic carbocycles. The lowest BCUT2D eigenvalue weighted by Crippen LogP contribution is -2.22. The number of anilines is 1. The number of pyridine rings is 1. The van der Waals surface area contributed by atoms with E-state index in [0.717, 1.165) is 5.56 Å². The van der Waals surface area contributed by atoms with E-state index in [2.05, 4.69) is 15.8 Å². The summed E-state index contributed by atoms with van der Waals surface area (Å²) in [6, 6.07) is 3.97. The first-order valence-electron chi connectivity index (χ1n) is 5.73. The van der Waals surface area contributed by atoms with E-state index in [4.69, 9.17) is 5.26 Å². The number of aromatic nitrogens is 1. The van der Waals surface area contributed by atoms with Gasteiger partial charge in [0.1, 0.15) is 11.9 Å². The van der Waals surface area contributed by atoms with Gasteiger partial charge in [0.2, 0.25) is 0 Å². The van der Waals surface area contributed by atoms with Gasteiger partial charge in [-0.15, -0.1) is 0 Å². The van der Waals surface area contributed by atoms with E-state index in [1.165, 1.54) is 7.11 Å². The minimum Gasteiger partial charge on any atom is -0.469 e. The number of methoxy groups -OCH3 is 1. The molecule has 0 fully saturated rings. The van der Waals surface area contributed by atoms with Crippen LogP contribution < -0.4 is 4.90 Å². The maximum Gasteiger partial charge on any atom is 0.305 e. The molecule has 1 aromatic heterocycles. The minimum atomic E-state index is -0.221. The number of carbonyl (C=O) groups excluding carboxylic acids is 1. The van der Waals surface area contributed by atoms with Gasteiger partial charge in [-0.05, 0) is 25.0 Å². The van der Waals surface area contributed by atoms with Crippen LogP contribution in [0.5, 0.6) is 0 Å². The summed E-state index contributed by atoms with van der Waals surface area (Å²) in [6.07, 6.45) is 2.72. The zero-order valence-electron chi connectivity index (χ0n) is 10.9. The second kappa shape index (κ2) is 6.60. The summed E-state index contributed by atoms with van der Waals surface area (Å²) in [7, 11) is 3.24. The second-order valence-corrected chi connectivity index (χ2v) is 4.04.